The van der Waals surface area contributed by atoms with Gasteiger partial charge in [0.2, 0.25) is 0 Å². The molecule has 5 nitrogen and oxygen atoms in total. The van der Waals surface area contributed by atoms with Crippen LogP contribution < -0.4 is 0 Å². The fourth-order valence-electron chi connectivity index (χ4n) is 2.18. The number of carbonyl (C=O) groups excluding carboxylic acids is 2. The molecule has 0 atom stereocenters. The maximum atomic E-state index is 12.2. The molecule has 1 aromatic rings. The summed E-state index contributed by atoms with van der Waals surface area (Å²) in [6, 6.07) is 3.28. The Kier molecular flexibility index (Phi) is 4.70. The number of rotatable bonds is 1. The van der Waals surface area contributed by atoms with Crippen LogP contribution in [0.15, 0.2) is 17.0 Å². The van der Waals surface area contributed by atoms with E-state index in [4.69, 9.17) is 4.74 Å². The van der Waals surface area contributed by atoms with Crippen molar-refractivity contribution in [2.24, 2.45) is 0 Å². The third-order valence-corrected chi connectivity index (χ3v) is 4.27. The molecule has 2 rings (SSSR count). The van der Waals surface area contributed by atoms with Crippen LogP contribution in [0.3, 0.4) is 0 Å². The molecule has 0 saturated carbocycles. The molecular weight excluding hydrogens is 302 g/mol. The van der Waals surface area contributed by atoms with Gasteiger partial charge in [0.15, 0.2) is 5.78 Å². The Morgan fingerprint density at radius 1 is 1.32 bits per heavy atom. The summed E-state index contributed by atoms with van der Waals surface area (Å²) in [6.45, 7) is 7.84. The van der Waals surface area contributed by atoms with E-state index in [2.05, 4.69) is 0 Å². The fraction of sp³-hybridized carbons (Fsp3) is 0.500. The minimum Gasteiger partial charge on any atom is -0.507 e. The topological polar surface area (TPSA) is 66.8 Å². The number of carbonyl (C=O) groups is 2. The largest absolute Gasteiger partial charge is 0.507 e. The van der Waals surface area contributed by atoms with Crippen molar-refractivity contribution in [3.8, 4) is 5.75 Å². The summed E-state index contributed by atoms with van der Waals surface area (Å²) in [7, 11) is 0. The van der Waals surface area contributed by atoms with Crippen molar-refractivity contribution in [1.29, 1.82) is 0 Å². The number of phenolic OH excluding ortho intramolecular Hbond substituents is 1. The molecule has 0 aliphatic carbocycles. The summed E-state index contributed by atoms with van der Waals surface area (Å²) in [5.74, 6) is 0.501. The number of phenols is 1. The number of ether oxygens (including phenoxy) is 1. The van der Waals surface area contributed by atoms with Gasteiger partial charge in [0.25, 0.3) is 0 Å². The second kappa shape index (κ2) is 6.20. The molecule has 22 heavy (non-hydrogen) atoms. The minimum atomic E-state index is -0.542. The van der Waals surface area contributed by atoms with Gasteiger partial charge in [-0.05, 0) is 45.4 Å². The highest BCUT2D eigenvalue weighted by atomic mass is 32.2. The van der Waals surface area contributed by atoms with Gasteiger partial charge in [-0.15, -0.1) is 11.8 Å². The van der Waals surface area contributed by atoms with Crippen LogP contribution >= 0.6 is 11.8 Å². The first kappa shape index (κ1) is 16.7. The summed E-state index contributed by atoms with van der Waals surface area (Å²) >= 11 is 1.58. The fourth-order valence-corrected chi connectivity index (χ4v) is 3.23. The van der Waals surface area contributed by atoms with Gasteiger partial charge >= 0.3 is 6.09 Å². The van der Waals surface area contributed by atoms with Crippen molar-refractivity contribution < 1.29 is 19.4 Å². The Balaban J connectivity index is 2.25. The Morgan fingerprint density at radius 3 is 2.59 bits per heavy atom. The van der Waals surface area contributed by atoms with Crippen LogP contribution in [-0.4, -0.2) is 39.8 Å². The van der Waals surface area contributed by atoms with Gasteiger partial charge in [0, 0.05) is 17.2 Å². The van der Waals surface area contributed by atoms with Crippen molar-refractivity contribution in [1.82, 2.24) is 4.90 Å². The number of benzene rings is 1. The normalized spacial score (nSPS) is 15.0. The van der Waals surface area contributed by atoms with Crippen LogP contribution in [0.5, 0.6) is 5.75 Å². The SMILES string of the molecule is CC(=O)c1cc2c(cc1O)CN(C(=O)OC(C)(C)C)CCS2. The molecule has 0 fully saturated rings. The average molecular weight is 323 g/mol. The number of ketones is 1. The van der Waals surface area contributed by atoms with Gasteiger partial charge in [0.1, 0.15) is 11.4 Å². The van der Waals surface area contributed by atoms with E-state index < -0.39 is 5.60 Å². The number of amides is 1. The van der Waals surface area contributed by atoms with Crippen LogP contribution in [0, 0.1) is 0 Å². The molecule has 1 N–H and O–H groups in total. The minimum absolute atomic E-state index is 0.0436. The van der Waals surface area contributed by atoms with Crippen molar-refractivity contribution in [2.45, 2.75) is 44.7 Å². The molecule has 120 valence electrons. The van der Waals surface area contributed by atoms with Gasteiger partial charge in [-0.25, -0.2) is 4.79 Å². The molecule has 6 heteroatoms. The predicted octanol–water partition coefficient (Wildman–Crippen LogP) is 3.44. The lowest BCUT2D eigenvalue weighted by molar-refractivity contribution is 0.0246. The molecule has 0 bridgehead atoms. The van der Waals surface area contributed by atoms with Crippen LogP contribution in [0.2, 0.25) is 0 Å². The zero-order valence-electron chi connectivity index (χ0n) is 13.3. The quantitative estimate of drug-likeness (QED) is 0.802. The molecule has 1 heterocycles. The van der Waals surface area contributed by atoms with E-state index in [1.165, 1.54) is 6.92 Å². The molecule has 1 aromatic carbocycles. The average Bonchev–Trinajstić information content (AvgIpc) is 2.57. The number of Topliss-reactive ketones (excluding diaryl/α,β-unsaturated/α-hetero) is 1. The van der Waals surface area contributed by atoms with Crippen LogP contribution in [-0.2, 0) is 11.3 Å². The number of fused-ring (bicyclic) bond motifs is 1. The Hall–Kier alpha value is -1.69. The first-order valence-electron chi connectivity index (χ1n) is 7.15. The molecule has 0 saturated heterocycles. The smallest absolute Gasteiger partial charge is 0.410 e. The van der Waals surface area contributed by atoms with E-state index in [1.807, 2.05) is 20.8 Å². The standard InChI is InChI=1S/C16H21NO4S/c1-10(18)12-8-14-11(7-13(12)19)9-17(5-6-22-14)15(20)21-16(2,3)4/h7-8,19H,5-6,9H2,1-4H3. The second-order valence-corrected chi connectivity index (χ2v) is 7.42. The summed E-state index contributed by atoms with van der Waals surface area (Å²) in [6.07, 6.45) is -0.365. The first-order valence-corrected chi connectivity index (χ1v) is 8.13. The van der Waals surface area contributed by atoms with E-state index >= 15 is 0 Å². The molecule has 0 unspecified atom stereocenters. The lowest BCUT2D eigenvalue weighted by Crippen LogP contribution is -2.37. The summed E-state index contributed by atoms with van der Waals surface area (Å²) in [5, 5.41) is 9.98. The zero-order chi connectivity index (χ0) is 16.5. The Bertz CT molecular complexity index is 607. The monoisotopic (exact) mass is 323 g/mol. The molecule has 0 radical (unpaired) electrons. The summed E-state index contributed by atoms with van der Waals surface area (Å²) < 4.78 is 5.40. The molecular formula is C16H21NO4S. The first-order chi connectivity index (χ1) is 10.2. The van der Waals surface area contributed by atoms with Crippen molar-refractivity contribution >= 4 is 23.6 Å². The van der Waals surface area contributed by atoms with Crippen LogP contribution in [0.25, 0.3) is 0 Å². The lowest BCUT2D eigenvalue weighted by Gasteiger charge is -2.26. The lowest BCUT2D eigenvalue weighted by atomic mass is 10.1. The van der Waals surface area contributed by atoms with E-state index in [1.54, 1.807) is 28.8 Å². The van der Waals surface area contributed by atoms with Crippen LogP contribution in [0.4, 0.5) is 4.79 Å². The van der Waals surface area contributed by atoms with E-state index in [0.29, 0.717) is 24.4 Å². The van der Waals surface area contributed by atoms with Gasteiger partial charge in [-0.2, -0.15) is 0 Å². The van der Waals surface area contributed by atoms with Crippen molar-refractivity contribution in [3.05, 3.63) is 23.3 Å². The number of nitrogens with zero attached hydrogens (tertiary/aromatic N) is 1. The van der Waals surface area contributed by atoms with E-state index in [9.17, 15) is 14.7 Å². The van der Waals surface area contributed by atoms with Crippen LogP contribution in [0.1, 0.15) is 43.6 Å². The summed E-state index contributed by atoms with van der Waals surface area (Å²) in [5.41, 5.74) is 0.604. The zero-order valence-corrected chi connectivity index (χ0v) is 14.1. The highest BCUT2D eigenvalue weighted by Crippen LogP contribution is 2.33. The molecule has 0 spiro atoms. The molecule has 0 aromatic heterocycles. The van der Waals surface area contributed by atoms with Gasteiger partial charge in [-0.1, -0.05) is 0 Å². The third kappa shape index (κ3) is 3.94. The maximum absolute atomic E-state index is 12.2. The number of hydrogen-bond acceptors (Lipinski definition) is 5. The van der Waals surface area contributed by atoms with Crippen molar-refractivity contribution in [2.75, 3.05) is 12.3 Å². The highest BCUT2D eigenvalue weighted by Gasteiger charge is 2.25. The Labute approximate surface area is 134 Å². The van der Waals surface area contributed by atoms with E-state index in [0.717, 1.165) is 10.5 Å². The Morgan fingerprint density at radius 2 is 2.00 bits per heavy atom. The van der Waals surface area contributed by atoms with Gasteiger partial charge < -0.3 is 14.7 Å². The highest BCUT2D eigenvalue weighted by molar-refractivity contribution is 7.99. The predicted molar refractivity (Wildman–Crippen MR) is 85.5 cm³/mol. The number of aromatic hydroxyl groups is 1. The number of hydrogen-bond donors (Lipinski definition) is 1. The number of thioether (sulfide) groups is 1. The third-order valence-electron chi connectivity index (χ3n) is 3.19. The maximum Gasteiger partial charge on any atom is 0.410 e. The molecule has 1 amide bonds. The van der Waals surface area contributed by atoms with Gasteiger partial charge in [-0.3, -0.25) is 4.79 Å². The second-order valence-electron chi connectivity index (χ2n) is 6.28. The van der Waals surface area contributed by atoms with E-state index in [-0.39, 0.29) is 17.6 Å². The van der Waals surface area contributed by atoms with Gasteiger partial charge in [0.05, 0.1) is 12.1 Å². The molecule has 1 aliphatic heterocycles. The summed E-state index contributed by atoms with van der Waals surface area (Å²) in [4.78, 5) is 26.3. The van der Waals surface area contributed by atoms with Crippen molar-refractivity contribution in [3.63, 3.8) is 0 Å². The molecule has 1 aliphatic rings.